The first-order chi connectivity index (χ1) is 13.1. The molecule has 0 aliphatic carbocycles. The second-order valence-electron chi connectivity index (χ2n) is 5.86. The summed E-state index contributed by atoms with van der Waals surface area (Å²) in [7, 11) is 1.34. The van der Waals surface area contributed by atoms with E-state index in [9.17, 15) is 14.0 Å². The predicted molar refractivity (Wildman–Crippen MR) is 101 cm³/mol. The largest absolute Gasteiger partial charge is 0.494 e. The molecule has 1 heterocycles. The number of ether oxygens (including phenoxy) is 2. The Kier molecular flexibility index (Phi) is 6.13. The van der Waals surface area contributed by atoms with E-state index in [0.717, 1.165) is 21.3 Å². The van der Waals surface area contributed by atoms with E-state index in [0.29, 0.717) is 12.8 Å². The first-order valence-corrected chi connectivity index (χ1v) is 9.25. The molecule has 0 saturated carbocycles. The molecule has 0 fully saturated rings. The molecule has 0 unspecified atom stereocenters. The van der Waals surface area contributed by atoms with Crippen molar-refractivity contribution in [2.45, 2.75) is 19.3 Å². The van der Waals surface area contributed by atoms with Crippen molar-refractivity contribution < 1.29 is 23.5 Å². The Morgan fingerprint density at radius 1 is 1.19 bits per heavy atom. The van der Waals surface area contributed by atoms with Crippen molar-refractivity contribution in [1.29, 1.82) is 0 Å². The van der Waals surface area contributed by atoms with Gasteiger partial charge in [-0.15, -0.1) is 11.3 Å². The third kappa shape index (κ3) is 4.89. The number of benzene rings is 2. The van der Waals surface area contributed by atoms with E-state index in [-0.39, 0.29) is 17.7 Å². The lowest BCUT2D eigenvalue weighted by molar-refractivity contribution is -0.142. The summed E-state index contributed by atoms with van der Waals surface area (Å²) >= 11 is 1.61. The number of fused-ring (bicyclic) bond motifs is 1. The summed E-state index contributed by atoms with van der Waals surface area (Å²) in [4.78, 5) is 28.3. The maximum atomic E-state index is 13.6. The van der Waals surface area contributed by atoms with Gasteiger partial charge in [0.2, 0.25) is 0 Å². The molecule has 7 heteroatoms. The number of para-hydroxylation sites is 1. The molecule has 27 heavy (non-hydrogen) atoms. The lowest BCUT2D eigenvalue weighted by atomic mass is 10.1. The van der Waals surface area contributed by atoms with E-state index in [1.165, 1.54) is 19.2 Å². The SMILES string of the molecule is COc1ccc(C(=O)COC(=O)CCCc2nc3ccccc3s2)cc1F. The minimum Gasteiger partial charge on any atom is -0.494 e. The Morgan fingerprint density at radius 3 is 2.74 bits per heavy atom. The number of thiazole rings is 1. The average molecular weight is 387 g/mol. The number of nitrogens with zero attached hydrogens (tertiary/aromatic N) is 1. The number of aromatic nitrogens is 1. The number of hydrogen-bond acceptors (Lipinski definition) is 6. The molecular weight excluding hydrogens is 369 g/mol. The van der Waals surface area contributed by atoms with Crippen LogP contribution < -0.4 is 4.74 Å². The van der Waals surface area contributed by atoms with Crippen molar-refractivity contribution in [3.63, 3.8) is 0 Å². The number of hydrogen-bond donors (Lipinski definition) is 0. The van der Waals surface area contributed by atoms with Crippen molar-refractivity contribution in [1.82, 2.24) is 4.98 Å². The van der Waals surface area contributed by atoms with Gasteiger partial charge in [0.1, 0.15) is 0 Å². The predicted octanol–water partition coefficient (Wildman–Crippen LogP) is 4.19. The molecule has 0 bridgehead atoms. The molecular formula is C20H18FNO4S. The Labute approximate surface area is 159 Å². The highest BCUT2D eigenvalue weighted by molar-refractivity contribution is 7.18. The lowest BCUT2D eigenvalue weighted by Crippen LogP contribution is -2.14. The summed E-state index contributed by atoms with van der Waals surface area (Å²) < 4.78 is 24.5. The number of aryl methyl sites for hydroxylation is 1. The quantitative estimate of drug-likeness (QED) is 0.428. The highest BCUT2D eigenvalue weighted by Gasteiger charge is 2.13. The van der Waals surface area contributed by atoms with Gasteiger partial charge in [-0.05, 0) is 43.2 Å². The first-order valence-electron chi connectivity index (χ1n) is 8.43. The monoisotopic (exact) mass is 387 g/mol. The van der Waals surface area contributed by atoms with Gasteiger partial charge in [-0.3, -0.25) is 9.59 Å². The molecule has 0 radical (unpaired) electrons. The number of carbonyl (C=O) groups excluding carboxylic acids is 2. The molecule has 0 aliphatic heterocycles. The molecule has 0 amide bonds. The summed E-state index contributed by atoms with van der Waals surface area (Å²) in [5.74, 6) is -1.50. The van der Waals surface area contributed by atoms with E-state index < -0.39 is 24.2 Å². The topological polar surface area (TPSA) is 65.5 Å². The van der Waals surface area contributed by atoms with Crippen LogP contribution in [0, 0.1) is 5.82 Å². The standard InChI is InChI=1S/C20H18FNO4S/c1-25-17-10-9-13(11-14(17)21)16(23)12-26-20(24)8-4-7-19-22-15-5-2-3-6-18(15)27-19/h2-3,5-6,9-11H,4,7-8,12H2,1H3. The van der Waals surface area contributed by atoms with Crippen LogP contribution >= 0.6 is 11.3 Å². The van der Waals surface area contributed by atoms with E-state index in [1.807, 2.05) is 24.3 Å². The van der Waals surface area contributed by atoms with Gasteiger partial charge in [-0.2, -0.15) is 0 Å². The summed E-state index contributed by atoms with van der Waals surface area (Å²) in [5, 5.41) is 0.966. The molecule has 3 aromatic rings. The van der Waals surface area contributed by atoms with Gasteiger partial charge < -0.3 is 9.47 Å². The molecule has 140 valence electrons. The second kappa shape index (κ2) is 8.73. The van der Waals surface area contributed by atoms with Gasteiger partial charge >= 0.3 is 5.97 Å². The molecule has 0 N–H and O–H groups in total. The fraction of sp³-hybridized carbons (Fsp3) is 0.250. The van der Waals surface area contributed by atoms with Crippen LogP contribution in [0.5, 0.6) is 5.75 Å². The lowest BCUT2D eigenvalue weighted by Gasteiger charge is -2.06. The van der Waals surface area contributed by atoms with Crippen LogP contribution in [-0.2, 0) is 16.0 Å². The van der Waals surface area contributed by atoms with Crippen molar-refractivity contribution in [3.8, 4) is 5.75 Å². The van der Waals surface area contributed by atoms with Crippen molar-refractivity contribution in [2.75, 3.05) is 13.7 Å². The molecule has 0 aliphatic rings. The third-order valence-electron chi connectivity index (χ3n) is 3.95. The Hall–Kier alpha value is -2.80. The highest BCUT2D eigenvalue weighted by atomic mass is 32.1. The van der Waals surface area contributed by atoms with Gasteiger partial charge in [0.05, 0.1) is 22.3 Å². The zero-order chi connectivity index (χ0) is 19.2. The second-order valence-corrected chi connectivity index (χ2v) is 6.98. The normalized spacial score (nSPS) is 10.7. The number of Topliss-reactive ketones (excluding diaryl/α,β-unsaturated/α-hetero) is 1. The van der Waals surface area contributed by atoms with Crippen LogP contribution in [0.4, 0.5) is 4.39 Å². The van der Waals surface area contributed by atoms with Crippen LogP contribution in [0.25, 0.3) is 10.2 Å². The molecule has 0 spiro atoms. The van der Waals surface area contributed by atoms with E-state index >= 15 is 0 Å². The summed E-state index contributed by atoms with van der Waals surface area (Å²) in [6, 6.07) is 11.7. The fourth-order valence-electron chi connectivity index (χ4n) is 2.55. The van der Waals surface area contributed by atoms with E-state index in [4.69, 9.17) is 9.47 Å². The molecule has 2 aromatic carbocycles. The Balaban J connectivity index is 1.44. The van der Waals surface area contributed by atoms with Gasteiger partial charge in [0, 0.05) is 12.0 Å². The number of carbonyl (C=O) groups is 2. The molecule has 3 rings (SSSR count). The van der Waals surface area contributed by atoms with E-state index in [1.54, 1.807) is 11.3 Å². The third-order valence-corrected chi connectivity index (χ3v) is 5.04. The van der Waals surface area contributed by atoms with E-state index in [2.05, 4.69) is 4.98 Å². The molecule has 0 saturated heterocycles. The minimum absolute atomic E-state index is 0.0541. The van der Waals surface area contributed by atoms with Crippen LogP contribution in [0.3, 0.4) is 0 Å². The maximum Gasteiger partial charge on any atom is 0.306 e. The Morgan fingerprint density at radius 2 is 2.00 bits per heavy atom. The van der Waals surface area contributed by atoms with Crippen LogP contribution in [0.1, 0.15) is 28.2 Å². The van der Waals surface area contributed by atoms with Gasteiger partial charge in [-0.25, -0.2) is 9.37 Å². The van der Waals surface area contributed by atoms with Gasteiger partial charge in [0.25, 0.3) is 0 Å². The number of rotatable bonds is 8. The van der Waals surface area contributed by atoms with Crippen molar-refractivity contribution in [2.24, 2.45) is 0 Å². The number of esters is 1. The first kappa shape index (κ1) is 19.0. The molecule has 1 aromatic heterocycles. The number of ketones is 1. The van der Waals surface area contributed by atoms with Crippen LogP contribution in [0.2, 0.25) is 0 Å². The van der Waals surface area contributed by atoms with Gasteiger partial charge in [0.15, 0.2) is 24.0 Å². The summed E-state index contributed by atoms with van der Waals surface area (Å²) in [5.41, 5.74) is 1.09. The smallest absolute Gasteiger partial charge is 0.306 e. The van der Waals surface area contributed by atoms with Crippen LogP contribution in [-0.4, -0.2) is 30.5 Å². The Bertz CT molecular complexity index is 937. The van der Waals surface area contributed by atoms with Crippen molar-refractivity contribution in [3.05, 3.63) is 58.9 Å². The zero-order valence-electron chi connectivity index (χ0n) is 14.7. The fourth-order valence-corrected chi connectivity index (χ4v) is 3.56. The summed E-state index contributed by atoms with van der Waals surface area (Å²) in [6.07, 6.45) is 1.45. The van der Waals surface area contributed by atoms with Gasteiger partial charge in [-0.1, -0.05) is 12.1 Å². The number of methoxy groups -OCH3 is 1. The summed E-state index contributed by atoms with van der Waals surface area (Å²) in [6.45, 7) is -0.411. The maximum absolute atomic E-state index is 13.6. The average Bonchev–Trinajstić information content (AvgIpc) is 3.08. The zero-order valence-corrected chi connectivity index (χ0v) is 15.6. The number of halogens is 1. The molecule has 5 nitrogen and oxygen atoms in total. The minimum atomic E-state index is -0.634. The molecule has 0 atom stereocenters. The highest BCUT2D eigenvalue weighted by Crippen LogP contribution is 2.23. The van der Waals surface area contributed by atoms with Crippen LogP contribution in [0.15, 0.2) is 42.5 Å². The van der Waals surface area contributed by atoms with Crippen molar-refractivity contribution >= 4 is 33.3 Å².